The Kier molecular flexibility index (Phi) is 4.34. The summed E-state index contributed by atoms with van der Waals surface area (Å²) in [7, 11) is 0. The zero-order valence-electron chi connectivity index (χ0n) is 13.2. The zero-order chi connectivity index (χ0) is 14.9. The number of fused-ring (bicyclic) bond motifs is 1. The van der Waals surface area contributed by atoms with Crippen LogP contribution in [0.5, 0.6) is 0 Å². The Balaban J connectivity index is 1.71. The third kappa shape index (κ3) is 2.87. The number of ether oxygens (including phenoxy) is 1. The Morgan fingerprint density at radius 2 is 2.10 bits per heavy atom. The highest BCUT2D eigenvalue weighted by Crippen LogP contribution is 2.42. The Hall–Kier alpha value is -0.900. The van der Waals surface area contributed by atoms with E-state index in [0.717, 1.165) is 39.0 Å². The molecule has 2 atom stereocenters. The van der Waals surface area contributed by atoms with Crippen molar-refractivity contribution in [3.05, 3.63) is 34.9 Å². The first-order valence-electron chi connectivity index (χ1n) is 8.17. The predicted octanol–water partition coefficient (Wildman–Crippen LogP) is 2.92. The van der Waals surface area contributed by atoms with Crippen molar-refractivity contribution < 1.29 is 9.84 Å². The highest BCUT2D eigenvalue weighted by Gasteiger charge is 2.35. The maximum absolute atomic E-state index is 9.81. The SMILES string of the molecule is Cc1cccc2c1C(C)CC2NCC1(CO)CCOCC1. The number of hydrogen-bond acceptors (Lipinski definition) is 3. The van der Waals surface area contributed by atoms with Crippen molar-refractivity contribution in [3.63, 3.8) is 0 Å². The van der Waals surface area contributed by atoms with Gasteiger partial charge in [0.25, 0.3) is 0 Å². The van der Waals surface area contributed by atoms with Crippen LogP contribution in [-0.2, 0) is 4.74 Å². The van der Waals surface area contributed by atoms with E-state index in [1.807, 2.05) is 0 Å². The Bertz CT molecular complexity index is 494. The van der Waals surface area contributed by atoms with E-state index in [0.29, 0.717) is 12.0 Å². The molecule has 1 heterocycles. The molecule has 0 radical (unpaired) electrons. The second-order valence-corrected chi connectivity index (χ2v) is 6.92. The van der Waals surface area contributed by atoms with Crippen molar-refractivity contribution in [1.29, 1.82) is 0 Å². The summed E-state index contributed by atoms with van der Waals surface area (Å²) in [6, 6.07) is 7.07. The second kappa shape index (κ2) is 6.07. The van der Waals surface area contributed by atoms with Crippen LogP contribution in [0.3, 0.4) is 0 Å². The molecule has 0 spiro atoms. The average molecular weight is 289 g/mol. The Labute approximate surface area is 127 Å². The molecule has 116 valence electrons. The van der Waals surface area contributed by atoms with Crippen LogP contribution in [0.4, 0.5) is 0 Å². The lowest BCUT2D eigenvalue weighted by molar-refractivity contribution is -0.0166. The minimum absolute atomic E-state index is 0.00800. The van der Waals surface area contributed by atoms with Crippen molar-refractivity contribution >= 4 is 0 Å². The normalized spacial score (nSPS) is 27.6. The van der Waals surface area contributed by atoms with Gasteiger partial charge in [-0.3, -0.25) is 0 Å². The number of aliphatic hydroxyl groups is 1. The number of benzene rings is 1. The second-order valence-electron chi connectivity index (χ2n) is 6.92. The molecule has 2 N–H and O–H groups in total. The number of aryl methyl sites for hydroxylation is 1. The van der Waals surface area contributed by atoms with Crippen LogP contribution in [0.15, 0.2) is 18.2 Å². The minimum atomic E-state index is 0.00800. The molecule has 3 nitrogen and oxygen atoms in total. The van der Waals surface area contributed by atoms with Gasteiger partial charge >= 0.3 is 0 Å². The summed E-state index contributed by atoms with van der Waals surface area (Å²) in [5.74, 6) is 0.624. The molecule has 1 aromatic rings. The summed E-state index contributed by atoms with van der Waals surface area (Å²) in [4.78, 5) is 0. The molecule has 2 aliphatic rings. The molecule has 0 amide bonds. The van der Waals surface area contributed by atoms with E-state index in [-0.39, 0.29) is 12.0 Å². The van der Waals surface area contributed by atoms with Gasteiger partial charge < -0.3 is 15.2 Å². The van der Waals surface area contributed by atoms with E-state index in [9.17, 15) is 5.11 Å². The van der Waals surface area contributed by atoms with Gasteiger partial charge in [-0.15, -0.1) is 0 Å². The molecule has 0 saturated carbocycles. The third-order valence-electron chi connectivity index (χ3n) is 5.43. The number of nitrogens with one attached hydrogen (secondary N) is 1. The Morgan fingerprint density at radius 3 is 2.81 bits per heavy atom. The molecular formula is C18H27NO2. The maximum Gasteiger partial charge on any atom is 0.0501 e. The summed E-state index contributed by atoms with van der Waals surface area (Å²) >= 11 is 0. The van der Waals surface area contributed by atoms with E-state index in [1.54, 1.807) is 0 Å². The largest absolute Gasteiger partial charge is 0.396 e. The third-order valence-corrected chi connectivity index (χ3v) is 5.43. The quantitative estimate of drug-likeness (QED) is 0.895. The van der Waals surface area contributed by atoms with E-state index in [1.165, 1.54) is 16.7 Å². The zero-order valence-corrected chi connectivity index (χ0v) is 13.2. The van der Waals surface area contributed by atoms with Crippen LogP contribution in [0, 0.1) is 12.3 Å². The fourth-order valence-electron chi connectivity index (χ4n) is 4.01. The standard InChI is InChI=1S/C18H27NO2/c1-13-4-3-5-15-16(10-14(2)17(13)15)19-11-18(12-20)6-8-21-9-7-18/h3-5,14,16,19-20H,6-12H2,1-2H3. The van der Waals surface area contributed by atoms with Gasteiger partial charge in [-0.25, -0.2) is 0 Å². The van der Waals surface area contributed by atoms with Gasteiger partial charge in [0.15, 0.2) is 0 Å². The van der Waals surface area contributed by atoms with Crippen LogP contribution in [0.25, 0.3) is 0 Å². The van der Waals surface area contributed by atoms with Crippen LogP contribution in [-0.4, -0.2) is 31.5 Å². The van der Waals surface area contributed by atoms with Gasteiger partial charge in [-0.05, 0) is 48.8 Å². The fraction of sp³-hybridized carbons (Fsp3) is 0.667. The smallest absolute Gasteiger partial charge is 0.0501 e. The summed E-state index contributed by atoms with van der Waals surface area (Å²) in [6.07, 6.45) is 3.08. The van der Waals surface area contributed by atoms with Gasteiger partial charge in [-0.1, -0.05) is 25.1 Å². The average Bonchev–Trinajstić information content (AvgIpc) is 2.84. The van der Waals surface area contributed by atoms with E-state index >= 15 is 0 Å². The summed E-state index contributed by atoms with van der Waals surface area (Å²) < 4.78 is 5.45. The van der Waals surface area contributed by atoms with Gasteiger partial charge in [0.2, 0.25) is 0 Å². The van der Waals surface area contributed by atoms with Crippen LogP contribution in [0.2, 0.25) is 0 Å². The first-order chi connectivity index (χ1) is 10.2. The predicted molar refractivity (Wildman–Crippen MR) is 84.5 cm³/mol. The monoisotopic (exact) mass is 289 g/mol. The molecule has 1 aliphatic carbocycles. The minimum Gasteiger partial charge on any atom is -0.396 e. The number of hydrogen-bond donors (Lipinski definition) is 2. The molecule has 1 aliphatic heterocycles. The van der Waals surface area contributed by atoms with Crippen LogP contribution in [0.1, 0.15) is 54.8 Å². The highest BCUT2D eigenvalue weighted by atomic mass is 16.5. The van der Waals surface area contributed by atoms with Gasteiger partial charge in [-0.2, -0.15) is 0 Å². The molecule has 3 heteroatoms. The van der Waals surface area contributed by atoms with Crippen LogP contribution < -0.4 is 5.32 Å². The van der Waals surface area contributed by atoms with Crippen molar-refractivity contribution in [2.45, 2.75) is 45.1 Å². The summed E-state index contributed by atoms with van der Waals surface area (Å²) in [5, 5.41) is 13.6. The van der Waals surface area contributed by atoms with Crippen molar-refractivity contribution in [2.75, 3.05) is 26.4 Å². The summed E-state index contributed by atoms with van der Waals surface area (Å²) in [5.41, 5.74) is 4.41. The maximum atomic E-state index is 9.81. The van der Waals surface area contributed by atoms with E-state index in [4.69, 9.17) is 4.74 Å². The molecule has 0 bridgehead atoms. The lowest BCUT2D eigenvalue weighted by Gasteiger charge is -2.36. The van der Waals surface area contributed by atoms with E-state index < -0.39 is 0 Å². The number of rotatable bonds is 4. The molecule has 0 aromatic heterocycles. The van der Waals surface area contributed by atoms with Crippen LogP contribution >= 0.6 is 0 Å². The molecule has 3 rings (SSSR count). The van der Waals surface area contributed by atoms with E-state index in [2.05, 4.69) is 37.4 Å². The highest BCUT2D eigenvalue weighted by molar-refractivity contribution is 5.43. The van der Waals surface area contributed by atoms with Gasteiger partial charge in [0, 0.05) is 31.2 Å². The summed E-state index contributed by atoms with van der Waals surface area (Å²) in [6.45, 7) is 7.23. The Morgan fingerprint density at radius 1 is 1.33 bits per heavy atom. The molecule has 2 unspecified atom stereocenters. The topological polar surface area (TPSA) is 41.5 Å². The van der Waals surface area contributed by atoms with Crippen molar-refractivity contribution in [2.24, 2.45) is 5.41 Å². The lowest BCUT2D eigenvalue weighted by atomic mass is 9.80. The molecule has 1 fully saturated rings. The van der Waals surface area contributed by atoms with Crippen molar-refractivity contribution in [3.8, 4) is 0 Å². The first-order valence-corrected chi connectivity index (χ1v) is 8.17. The lowest BCUT2D eigenvalue weighted by Crippen LogP contribution is -2.42. The molecule has 1 saturated heterocycles. The van der Waals surface area contributed by atoms with Gasteiger partial charge in [0.05, 0.1) is 6.61 Å². The number of aliphatic hydroxyl groups excluding tert-OH is 1. The first kappa shape index (κ1) is 15.0. The molecule has 21 heavy (non-hydrogen) atoms. The molecule has 1 aromatic carbocycles. The van der Waals surface area contributed by atoms with Crippen molar-refractivity contribution in [1.82, 2.24) is 5.32 Å². The van der Waals surface area contributed by atoms with Gasteiger partial charge in [0.1, 0.15) is 0 Å². The molecular weight excluding hydrogens is 262 g/mol. The fourth-order valence-corrected chi connectivity index (χ4v) is 4.01.